The Kier molecular flexibility index (Phi) is 5.11. The van der Waals surface area contributed by atoms with Crippen LogP contribution in [0.15, 0.2) is 54.0 Å². The fourth-order valence-corrected chi connectivity index (χ4v) is 3.59. The van der Waals surface area contributed by atoms with E-state index in [9.17, 15) is 24.2 Å². The van der Waals surface area contributed by atoms with Crippen LogP contribution in [0.2, 0.25) is 0 Å². The highest BCUT2D eigenvalue weighted by Crippen LogP contribution is 2.32. The van der Waals surface area contributed by atoms with Crippen LogP contribution in [0.5, 0.6) is 5.75 Å². The Labute approximate surface area is 173 Å². The number of hydrogen-bond donors (Lipinski definition) is 3. The molecule has 3 aromatic heterocycles. The van der Waals surface area contributed by atoms with Gasteiger partial charge in [0.1, 0.15) is 17.2 Å². The molecular formula is C21H14FN3O4S. The van der Waals surface area contributed by atoms with Crippen LogP contribution in [-0.2, 0) is 6.42 Å². The molecule has 0 radical (unpaired) electrons. The molecule has 9 heteroatoms. The lowest BCUT2D eigenvalue weighted by atomic mass is 10.0. The molecule has 3 heterocycles. The number of carbonyl (C=O) groups excluding carboxylic acids is 1. The molecule has 0 atom stereocenters. The third-order valence-corrected chi connectivity index (χ3v) is 5.24. The molecular weight excluding hydrogens is 409 g/mol. The van der Waals surface area contributed by atoms with Crippen LogP contribution in [-0.4, -0.2) is 32.1 Å². The van der Waals surface area contributed by atoms with E-state index in [1.165, 1.54) is 29.7 Å². The number of pyridine rings is 2. The molecule has 0 fully saturated rings. The van der Waals surface area contributed by atoms with Crippen molar-refractivity contribution < 1.29 is 24.2 Å². The molecule has 0 spiro atoms. The van der Waals surface area contributed by atoms with Gasteiger partial charge in [0.2, 0.25) is 0 Å². The van der Waals surface area contributed by atoms with E-state index in [1.807, 2.05) is 0 Å². The minimum atomic E-state index is -1.45. The quantitative estimate of drug-likeness (QED) is 0.446. The summed E-state index contributed by atoms with van der Waals surface area (Å²) in [6.45, 7) is 0. The van der Waals surface area contributed by atoms with E-state index in [-0.39, 0.29) is 17.2 Å². The maximum absolute atomic E-state index is 13.1. The zero-order valence-corrected chi connectivity index (χ0v) is 16.1. The highest BCUT2D eigenvalue weighted by atomic mass is 32.1. The Bertz CT molecular complexity index is 1260. The lowest BCUT2D eigenvalue weighted by Crippen LogP contribution is -2.14. The van der Waals surface area contributed by atoms with Gasteiger partial charge in [-0.1, -0.05) is 18.2 Å². The van der Waals surface area contributed by atoms with Crippen LogP contribution in [0, 0.1) is 5.82 Å². The summed E-state index contributed by atoms with van der Waals surface area (Å²) in [6.07, 6.45) is 1.91. The largest absolute Gasteiger partial charge is 0.504 e. The highest BCUT2D eigenvalue weighted by Gasteiger charge is 2.21. The molecule has 0 aliphatic rings. The molecule has 3 N–H and O–H groups in total. The van der Waals surface area contributed by atoms with Gasteiger partial charge in [0.15, 0.2) is 11.4 Å². The summed E-state index contributed by atoms with van der Waals surface area (Å²) in [7, 11) is 0. The molecule has 30 heavy (non-hydrogen) atoms. The Morgan fingerprint density at radius 1 is 1.13 bits per heavy atom. The highest BCUT2D eigenvalue weighted by molar-refractivity contribution is 7.12. The second-order valence-corrected chi connectivity index (χ2v) is 7.38. The van der Waals surface area contributed by atoms with Crippen molar-refractivity contribution in [2.75, 3.05) is 5.32 Å². The number of nitrogens with zero attached hydrogens (tertiary/aromatic N) is 2. The Hall–Kier alpha value is -3.85. The van der Waals surface area contributed by atoms with Crippen LogP contribution in [0.4, 0.5) is 10.2 Å². The number of carbonyl (C=O) groups is 2. The van der Waals surface area contributed by atoms with Gasteiger partial charge in [-0.2, -0.15) is 0 Å². The molecule has 0 bridgehead atoms. The number of halogens is 1. The summed E-state index contributed by atoms with van der Waals surface area (Å²) in [4.78, 5) is 32.5. The van der Waals surface area contributed by atoms with Gasteiger partial charge in [0.25, 0.3) is 5.91 Å². The first-order chi connectivity index (χ1) is 14.4. The smallest absolute Gasteiger partial charge is 0.358 e. The number of aromatic nitrogens is 2. The lowest BCUT2D eigenvalue weighted by Gasteiger charge is -2.12. The molecule has 4 aromatic rings. The van der Waals surface area contributed by atoms with Crippen molar-refractivity contribution in [1.29, 1.82) is 0 Å². The van der Waals surface area contributed by atoms with Crippen LogP contribution in [0.25, 0.3) is 10.9 Å². The number of thiophene rings is 1. The summed E-state index contributed by atoms with van der Waals surface area (Å²) in [5, 5.41) is 24.3. The van der Waals surface area contributed by atoms with Crippen molar-refractivity contribution in [3.63, 3.8) is 0 Å². The molecule has 0 aliphatic heterocycles. The van der Waals surface area contributed by atoms with E-state index in [0.29, 0.717) is 22.2 Å². The molecule has 1 amide bonds. The Morgan fingerprint density at radius 3 is 2.57 bits per heavy atom. The first kappa shape index (κ1) is 19.5. The molecule has 4 rings (SSSR count). The predicted molar refractivity (Wildman–Crippen MR) is 110 cm³/mol. The summed E-state index contributed by atoms with van der Waals surface area (Å²) >= 11 is 1.22. The predicted octanol–water partition coefficient (Wildman–Crippen LogP) is 4.08. The van der Waals surface area contributed by atoms with Crippen LogP contribution in [0.1, 0.15) is 31.3 Å². The Balaban J connectivity index is 1.79. The van der Waals surface area contributed by atoms with Crippen molar-refractivity contribution >= 4 is 39.9 Å². The van der Waals surface area contributed by atoms with Crippen molar-refractivity contribution in [2.24, 2.45) is 0 Å². The Morgan fingerprint density at radius 2 is 1.90 bits per heavy atom. The molecule has 7 nitrogen and oxygen atoms in total. The standard InChI is InChI=1S/C21H14FN3O4S/c22-13-5-3-11(4-6-13)8-12-9-14-16(23-10-12)18(26)17(21(28)29)24-19(14)25-20(27)15-2-1-7-30-15/h1-7,9-10,26H,8H2,(H,28,29)(H,24,25,27). The number of aromatic hydroxyl groups is 1. The summed E-state index contributed by atoms with van der Waals surface area (Å²) in [5.41, 5.74) is 0.945. The zero-order chi connectivity index (χ0) is 21.3. The fourth-order valence-electron chi connectivity index (χ4n) is 2.97. The van der Waals surface area contributed by atoms with Crippen molar-refractivity contribution in [1.82, 2.24) is 9.97 Å². The van der Waals surface area contributed by atoms with Gasteiger partial charge in [-0.25, -0.2) is 14.2 Å². The third-order valence-electron chi connectivity index (χ3n) is 4.37. The van der Waals surface area contributed by atoms with Crippen molar-refractivity contribution in [3.05, 3.63) is 81.6 Å². The number of aromatic carboxylic acids is 1. The second kappa shape index (κ2) is 7.88. The van der Waals surface area contributed by atoms with E-state index in [4.69, 9.17) is 0 Å². The number of anilines is 1. The van der Waals surface area contributed by atoms with Gasteiger partial charge >= 0.3 is 5.97 Å². The monoisotopic (exact) mass is 423 g/mol. The molecule has 0 unspecified atom stereocenters. The van der Waals surface area contributed by atoms with Crippen LogP contribution >= 0.6 is 11.3 Å². The lowest BCUT2D eigenvalue weighted by molar-refractivity contribution is 0.0687. The number of amides is 1. The van der Waals surface area contributed by atoms with Gasteiger partial charge in [0, 0.05) is 11.6 Å². The second-order valence-electron chi connectivity index (χ2n) is 6.44. The van der Waals surface area contributed by atoms with E-state index < -0.39 is 23.3 Å². The van der Waals surface area contributed by atoms with Gasteiger partial charge in [0.05, 0.1) is 4.88 Å². The molecule has 1 aromatic carbocycles. The summed E-state index contributed by atoms with van der Waals surface area (Å²) in [5.74, 6) is -2.85. The minimum absolute atomic E-state index is 0.00624. The van der Waals surface area contributed by atoms with Crippen molar-refractivity contribution in [3.8, 4) is 5.75 Å². The molecule has 150 valence electrons. The van der Waals surface area contributed by atoms with Gasteiger partial charge in [-0.3, -0.25) is 9.78 Å². The van der Waals surface area contributed by atoms with Crippen LogP contribution in [0.3, 0.4) is 0 Å². The summed E-state index contributed by atoms with van der Waals surface area (Å²) < 4.78 is 13.1. The third kappa shape index (κ3) is 3.83. The number of carboxylic acid groups (broad SMARTS) is 1. The normalized spacial score (nSPS) is 10.8. The van der Waals surface area contributed by atoms with E-state index >= 15 is 0 Å². The first-order valence-corrected chi connectivity index (χ1v) is 9.64. The number of hydrogen-bond acceptors (Lipinski definition) is 6. The van der Waals surface area contributed by atoms with Crippen molar-refractivity contribution in [2.45, 2.75) is 6.42 Å². The maximum atomic E-state index is 13.1. The first-order valence-electron chi connectivity index (χ1n) is 8.76. The number of fused-ring (bicyclic) bond motifs is 1. The minimum Gasteiger partial charge on any atom is -0.504 e. The summed E-state index contributed by atoms with van der Waals surface area (Å²) in [6, 6.07) is 11.0. The molecule has 0 saturated carbocycles. The fraction of sp³-hybridized carbons (Fsp3) is 0.0476. The number of rotatable bonds is 5. The van der Waals surface area contributed by atoms with E-state index in [0.717, 1.165) is 5.56 Å². The number of nitrogens with one attached hydrogen (secondary N) is 1. The van der Waals surface area contributed by atoms with E-state index in [2.05, 4.69) is 15.3 Å². The van der Waals surface area contributed by atoms with Gasteiger partial charge < -0.3 is 15.5 Å². The number of benzene rings is 1. The molecule has 0 aliphatic carbocycles. The van der Waals surface area contributed by atoms with Crippen LogP contribution < -0.4 is 5.32 Å². The topological polar surface area (TPSA) is 112 Å². The SMILES string of the molecule is O=C(Nc1nc(C(=O)O)c(O)c2ncc(Cc3ccc(F)cc3)cc12)c1cccs1. The molecule has 0 saturated heterocycles. The average Bonchev–Trinajstić information content (AvgIpc) is 3.26. The van der Waals surface area contributed by atoms with Gasteiger partial charge in [-0.05, 0) is 47.2 Å². The average molecular weight is 423 g/mol. The van der Waals surface area contributed by atoms with E-state index in [1.54, 1.807) is 35.7 Å². The maximum Gasteiger partial charge on any atom is 0.358 e. The zero-order valence-electron chi connectivity index (χ0n) is 15.3. The number of carboxylic acids is 1. The van der Waals surface area contributed by atoms with Gasteiger partial charge in [-0.15, -0.1) is 11.3 Å².